The van der Waals surface area contributed by atoms with Gasteiger partial charge in [0.05, 0.1) is 7.11 Å². The van der Waals surface area contributed by atoms with Crippen LogP contribution in [0.1, 0.15) is 45.6 Å². The summed E-state index contributed by atoms with van der Waals surface area (Å²) in [5.74, 6) is 0.820. The predicted molar refractivity (Wildman–Crippen MR) is 91.5 cm³/mol. The summed E-state index contributed by atoms with van der Waals surface area (Å²) >= 11 is 0. The van der Waals surface area contributed by atoms with E-state index in [2.05, 4.69) is 31.0 Å². The van der Waals surface area contributed by atoms with Crippen molar-refractivity contribution in [2.24, 2.45) is 10.8 Å². The van der Waals surface area contributed by atoms with E-state index < -0.39 is 0 Å². The lowest BCUT2D eigenvalue weighted by atomic mass is 9.65. The van der Waals surface area contributed by atoms with Crippen LogP contribution in [0, 0.1) is 10.8 Å². The Morgan fingerprint density at radius 1 is 1.30 bits per heavy atom. The fourth-order valence-corrected chi connectivity index (χ4v) is 4.82. The number of hydrogen-bond acceptors (Lipinski definition) is 2. The summed E-state index contributed by atoms with van der Waals surface area (Å²) in [6, 6.07) is 8.26. The summed E-state index contributed by atoms with van der Waals surface area (Å²) in [5.41, 5.74) is 1.61. The Morgan fingerprint density at radius 2 is 2.04 bits per heavy atom. The highest BCUT2D eigenvalue weighted by Crippen LogP contribution is 2.52. The number of nitrogens with zero attached hydrogens (tertiary/aromatic N) is 1. The van der Waals surface area contributed by atoms with Crippen molar-refractivity contribution in [2.45, 2.75) is 52.6 Å². The molecule has 0 aromatic heterocycles. The van der Waals surface area contributed by atoms with E-state index in [-0.39, 0.29) is 11.4 Å². The minimum atomic E-state index is 0.0577. The van der Waals surface area contributed by atoms with Gasteiger partial charge in [-0.15, -0.1) is 0 Å². The molecule has 1 aromatic carbocycles. The molecule has 1 N–H and O–H groups in total. The second-order valence-corrected chi connectivity index (χ2v) is 8.31. The number of likely N-dealkylation sites (tertiary alicyclic amines) is 1. The lowest BCUT2D eigenvalue weighted by Gasteiger charge is -2.39. The third-order valence-electron chi connectivity index (χ3n) is 5.30. The standard InChI is InChI=1S/C19H28N2O2/c1-18(2)9-15-10-19(3,12-18)13-21(15)17(22)20-11-14-7-5-6-8-16(14)23-4/h5-8,15H,9-13H2,1-4H3,(H,20,22). The molecule has 2 amide bonds. The molecule has 2 fully saturated rings. The van der Waals surface area contributed by atoms with Crippen LogP contribution in [0.15, 0.2) is 24.3 Å². The molecule has 1 saturated heterocycles. The summed E-state index contributed by atoms with van der Waals surface area (Å²) in [7, 11) is 1.66. The third kappa shape index (κ3) is 3.31. The van der Waals surface area contributed by atoms with Crippen LogP contribution < -0.4 is 10.1 Å². The molecule has 0 spiro atoms. The monoisotopic (exact) mass is 316 g/mol. The van der Waals surface area contributed by atoms with E-state index in [0.29, 0.717) is 18.0 Å². The van der Waals surface area contributed by atoms with Gasteiger partial charge in [-0.2, -0.15) is 0 Å². The van der Waals surface area contributed by atoms with Crippen molar-refractivity contribution in [3.63, 3.8) is 0 Å². The van der Waals surface area contributed by atoms with Gasteiger partial charge in [-0.25, -0.2) is 4.79 Å². The van der Waals surface area contributed by atoms with Gasteiger partial charge in [0.2, 0.25) is 0 Å². The highest BCUT2D eigenvalue weighted by atomic mass is 16.5. The van der Waals surface area contributed by atoms with Gasteiger partial charge >= 0.3 is 6.03 Å². The Labute approximate surface area is 139 Å². The van der Waals surface area contributed by atoms with Crippen LogP contribution in [0.5, 0.6) is 5.75 Å². The maximum Gasteiger partial charge on any atom is 0.317 e. The van der Waals surface area contributed by atoms with Crippen molar-refractivity contribution >= 4 is 6.03 Å². The summed E-state index contributed by atoms with van der Waals surface area (Å²) in [4.78, 5) is 14.7. The molecule has 1 heterocycles. The molecule has 2 unspecified atom stereocenters. The van der Waals surface area contributed by atoms with Crippen molar-refractivity contribution in [2.75, 3.05) is 13.7 Å². The number of amides is 2. The molecule has 2 atom stereocenters. The predicted octanol–water partition coefficient (Wildman–Crippen LogP) is 3.81. The van der Waals surface area contributed by atoms with Crippen LogP contribution in [0.3, 0.4) is 0 Å². The normalized spacial score (nSPS) is 28.5. The number of hydrogen-bond donors (Lipinski definition) is 1. The number of para-hydroxylation sites is 1. The molecule has 2 bridgehead atoms. The van der Waals surface area contributed by atoms with Gasteiger partial charge in [-0.3, -0.25) is 0 Å². The summed E-state index contributed by atoms with van der Waals surface area (Å²) in [5, 5.41) is 3.08. The largest absolute Gasteiger partial charge is 0.496 e. The van der Waals surface area contributed by atoms with Crippen LogP contribution in [0.4, 0.5) is 4.79 Å². The van der Waals surface area contributed by atoms with Crippen molar-refractivity contribution in [3.8, 4) is 5.75 Å². The topological polar surface area (TPSA) is 41.6 Å². The first kappa shape index (κ1) is 16.2. The van der Waals surface area contributed by atoms with Crippen LogP contribution >= 0.6 is 0 Å². The first-order valence-corrected chi connectivity index (χ1v) is 8.48. The molecule has 126 valence electrons. The van der Waals surface area contributed by atoms with E-state index in [1.54, 1.807) is 7.11 Å². The molecule has 1 aliphatic carbocycles. The zero-order valence-corrected chi connectivity index (χ0v) is 14.7. The Morgan fingerprint density at radius 3 is 2.78 bits per heavy atom. The number of benzene rings is 1. The number of carbonyl (C=O) groups is 1. The zero-order valence-electron chi connectivity index (χ0n) is 14.7. The number of urea groups is 1. The average molecular weight is 316 g/mol. The second kappa shape index (κ2) is 5.73. The molecule has 1 aromatic rings. The maximum atomic E-state index is 12.7. The Hall–Kier alpha value is -1.71. The number of nitrogens with one attached hydrogen (secondary N) is 1. The van der Waals surface area contributed by atoms with E-state index >= 15 is 0 Å². The summed E-state index contributed by atoms with van der Waals surface area (Å²) < 4.78 is 5.35. The molecular weight excluding hydrogens is 288 g/mol. The van der Waals surface area contributed by atoms with Crippen LogP contribution in [-0.4, -0.2) is 30.6 Å². The Kier molecular flexibility index (Phi) is 4.03. The number of ether oxygens (including phenoxy) is 1. The van der Waals surface area contributed by atoms with E-state index in [1.807, 2.05) is 24.3 Å². The highest BCUT2D eigenvalue weighted by molar-refractivity contribution is 5.75. The molecule has 23 heavy (non-hydrogen) atoms. The first-order chi connectivity index (χ1) is 10.8. The fraction of sp³-hybridized carbons (Fsp3) is 0.632. The molecule has 1 saturated carbocycles. The smallest absolute Gasteiger partial charge is 0.317 e. The van der Waals surface area contributed by atoms with Crippen LogP contribution in [-0.2, 0) is 6.54 Å². The fourth-order valence-electron chi connectivity index (χ4n) is 4.82. The van der Waals surface area contributed by atoms with Gasteiger partial charge in [-0.1, -0.05) is 39.0 Å². The minimum Gasteiger partial charge on any atom is -0.496 e. The minimum absolute atomic E-state index is 0.0577. The van der Waals surface area contributed by atoms with Crippen LogP contribution in [0.25, 0.3) is 0 Å². The lowest BCUT2D eigenvalue weighted by molar-refractivity contribution is 0.129. The SMILES string of the molecule is COc1ccccc1CNC(=O)N1CC2(C)CC1CC(C)(C)C2. The molecule has 3 rings (SSSR count). The lowest BCUT2D eigenvalue weighted by Crippen LogP contribution is -2.43. The Balaban J connectivity index is 1.65. The molecule has 2 aliphatic rings. The van der Waals surface area contributed by atoms with Crippen molar-refractivity contribution < 1.29 is 9.53 Å². The molecule has 1 aliphatic heterocycles. The third-order valence-corrected chi connectivity index (χ3v) is 5.30. The van der Waals surface area contributed by atoms with Gasteiger partial charge in [0.1, 0.15) is 5.75 Å². The number of methoxy groups -OCH3 is 1. The maximum absolute atomic E-state index is 12.7. The van der Waals surface area contributed by atoms with Gasteiger partial charge in [0.25, 0.3) is 0 Å². The molecular formula is C19H28N2O2. The van der Waals surface area contributed by atoms with Crippen molar-refractivity contribution in [3.05, 3.63) is 29.8 Å². The van der Waals surface area contributed by atoms with Gasteiger partial charge < -0.3 is 15.0 Å². The summed E-state index contributed by atoms with van der Waals surface area (Å²) in [6.07, 6.45) is 3.44. The first-order valence-electron chi connectivity index (χ1n) is 8.48. The Bertz CT molecular complexity index is 599. The number of fused-ring (bicyclic) bond motifs is 2. The highest BCUT2D eigenvalue weighted by Gasteiger charge is 2.50. The molecule has 4 nitrogen and oxygen atoms in total. The van der Waals surface area contributed by atoms with Gasteiger partial charge in [-0.05, 0) is 36.2 Å². The van der Waals surface area contributed by atoms with E-state index in [1.165, 1.54) is 6.42 Å². The van der Waals surface area contributed by atoms with Crippen LogP contribution in [0.2, 0.25) is 0 Å². The van der Waals surface area contributed by atoms with Crippen molar-refractivity contribution in [1.82, 2.24) is 10.2 Å². The molecule has 0 radical (unpaired) electrons. The van der Waals surface area contributed by atoms with Crippen molar-refractivity contribution in [1.29, 1.82) is 0 Å². The van der Waals surface area contributed by atoms with E-state index in [0.717, 1.165) is 30.7 Å². The zero-order chi connectivity index (χ0) is 16.7. The number of carbonyl (C=O) groups excluding carboxylic acids is 1. The van der Waals surface area contributed by atoms with E-state index in [9.17, 15) is 4.79 Å². The van der Waals surface area contributed by atoms with E-state index in [4.69, 9.17) is 4.74 Å². The van der Waals surface area contributed by atoms with Gasteiger partial charge in [0.15, 0.2) is 0 Å². The van der Waals surface area contributed by atoms with Gasteiger partial charge in [0, 0.05) is 24.7 Å². The second-order valence-electron chi connectivity index (χ2n) is 8.31. The quantitative estimate of drug-likeness (QED) is 0.921. The average Bonchev–Trinajstić information content (AvgIpc) is 2.74. The number of rotatable bonds is 3. The molecule has 4 heteroatoms. The summed E-state index contributed by atoms with van der Waals surface area (Å²) in [6.45, 7) is 8.36.